The van der Waals surface area contributed by atoms with Gasteiger partial charge >= 0.3 is 6.03 Å². The maximum atomic E-state index is 12.3. The Labute approximate surface area is 173 Å². The predicted molar refractivity (Wildman–Crippen MR) is 113 cm³/mol. The Bertz CT molecular complexity index is 1000. The highest BCUT2D eigenvalue weighted by Gasteiger charge is 2.22. The van der Waals surface area contributed by atoms with Crippen LogP contribution in [0.5, 0.6) is 0 Å². The van der Waals surface area contributed by atoms with Gasteiger partial charge in [-0.15, -0.1) is 10.2 Å². The number of nitrogens with one attached hydrogen (secondary N) is 2. The molecule has 29 heavy (non-hydrogen) atoms. The van der Waals surface area contributed by atoms with E-state index < -0.39 is 17.2 Å². The van der Waals surface area contributed by atoms with E-state index in [2.05, 4.69) is 26.9 Å². The number of aryl methyl sites for hydroxylation is 1. The topological polar surface area (TPSA) is 88.9 Å². The van der Waals surface area contributed by atoms with Crippen molar-refractivity contribution in [1.29, 1.82) is 0 Å². The van der Waals surface area contributed by atoms with Crippen LogP contribution in [0.15, 0.2) is 59.8 Å². The van der Waals surface area contributed by atoms with Crippen LogP contribution in [0.1, 0.15) is 23.9 Å². The molecule has 7 nitrogen and oxygen atoms in total. The number of benzene rings is 2. The van der Waals surface area contributed by atoms with Crippen molar-refractivity contribution in [2.75, 3.05) is 7.05 Å². The van der Waals surface area contributed by atoms with Gasteiger partial charge in [0.1, 0.15) is 5.82 Å². The first kappa shape index (κ1) is 20.6. The Hall–Kier alpha value is -3.13. The van der Waals surface area contributed by atoms with Crippen LogP contribution in [0.3, 0.4) is 0 Å². The van der Waals surface area contributed by atoms with E-state index in [4.69, 9.17) is 0 Å². The molecule has 0 saturated carbocycles. The minimum absolute atomic E-state index is 0.391. The van der Waals surface area contributed by atoms with E-state index in [0.717, 1.165) is 22.6 Å². The highest BCUT2D eigenvalue weighted by atomic mass is 32.2. The van der Waals surface area contributed by atoms with Crippen LogP contribution >= 0.6 is 11.8 Å². The molecule has 1 aromatic heterocycles. The van der Waals surface area contributed by atoms with Crippen molar-refractivity contribution in [2.24, 2.45) is 0 Å². The van der Waals surface area contributed by atoms with Gasteiger partial charge in [-0.25, -0.2) is 4.79 Å². The standard InChI is InChI=1S/C21H23N5O2S/c1-14-8-7-11-17(12-14)26-18(13-16-9-5-4-6-10-16)24-25-21(26)29-15(2)19(27)23-20(28)22-3/h4-12,15H,13H2,1-3H3,(H2,22,23,27,28)/t15-/m1/s1. The summed E-state index contributed by atoms with van der Waals surface area (Å²) in [5, 5.41) is 13.5. The maximum absolute atomic E-state index is 12.3. The summed E-state index contributed by atoms with van der Waals surface area (Å²) < 4.78 is 1.97. The lowest BCUT2D eigenvalue weighted by atomic mass is 10.1. The first-order valence-corrected chi connectivity index (χ1v) is 10.1. The maximum Gasteiger partial charge on any atom is 0.321 e. The number of imide groups is 1. The van der Waals surface area contributed by atoms with Gasteiger partial charge in [0.15, 0.2) is 5.16 Å². The van der Waals surface area contributed by atoms with Crippen LogP contribution in [0.25, 0.3) is 5.69 Å². The van der Waals surface area contributed by atoms with E-state index >= 15 is 0 Å². The fourth-order valence-corrected chi connectivity index (χ4v) is 3.67. The van der Waals surface area contributed by atoms with Crippen LogP contribution in [0.2, 0.25) is 0 Å². The number of carbonyl (C=O) groups is 2. The van der Waals surface area contributed by atoms with Gasteiger partial charge in [0.25, 0.3) is 0 Å². The first-order valence-electron chi connectivity index (χ1n) is 9.22. The number of rotatable bonds is 6. The van der Waals surface area contributed by atoms with Crippen LogP contribution in [0, 0.1) is 6.92 Å². The lowest BCUT2D eigenvalue weighted by molar-refractivity contribution is -0.119. The number of urea groups is 1. The van der Waals surface area contributed by atoms with E-state index in [1.807, 2.05) is 60.0 Å². The normalized spacial score (nSPS) is 11.7. The number of thioether (sulfide) groups is 1. The Balaban J connectivity index is 1.92. The summed E-state index contributed by atoms with van der Waals surface area (Å²) >= 11 is 1.26. The van der Waals surface area contributed by atoms with Gasteiger partial charge in [0.2, 0.25) is 5.91 Å². The van der Waals surface area contributed by atoms with Crippen molar-refractivity contribution >= 4 is 23.7 Å². The van der Waals surface area contributed by atoms with Crippen molar-refractivity contribution < 1.29 is 9.59 Å². The highest BCUT2D eigenvalue weighted by Crippen LogP contribution is 2.27. The van der Waals surface area contributed by atoms with E-state index in [1.54, 1.807) is 6.92 Å². The van der Waals surface area contributed by atoms with Gasteiger partial charge in [0.05, 0.1) is 5.25 Å². The van der Waals surface area contributed by atoms with E-state index in [-0.39, 0.29) is 0 Å². The molecule has 0 aliphatic heterocycles. The van der Waals surface area contributed by atoms with Gasteiger partial charge in [-0.1, -0.05) is 54.2 Å². The lowest BCUT2D eigenvalue weighted by Crippen LogP contribution is -2.41. The molecule has 150 valence electrons. The van der Waals surface area contributed by atoms with Gasteiger partial charge in [0, 0.05) is 19.2 Å². The summed E-state index contributed by atoms with van der Waals surface area (Å²) in [6, 6.07) is 17.6. The zero-order chi connectivity index (χ0) is 20.8. The highest BCUT2D eigenvalue weighted by molar-refractivity contribution is 8.00. The smallest absolute Gasteiger partial charge is 0.321 e. The number of aromatic nitrogens is 3. The van der Waals surface area contributed by atoms with Crippen LogP contribution in [-0.4, -0.2) is 39.0 Å². The second-order valence-electron chi connectivity index (χ2n) is 6.56. The summed E-state index contributed by atoms with van der Waals surface area (Å²) in [6.45, 7) is 3.76. The zero-order valence-corrected chi connectivity index (χ0v) is 17.4. The molecule has 3 aromatic rings. The SMILES string of the molecule is CNC(=O)NC(=O)[C@@H](C)Sc1nnc(Cc2ccccc2)n1-c1cccc(C)c1. The Kier molecular flexibility index (Phi) is 6.66. The first-order chi connectivity index (χ1) is 14.0. The lowest BCUT2D eigenvalue weighted by Gasteiger charge is -2.14. The summed E-state index contributed by atoms with van der Waals surface area (Å²) in [5.41, 5.74) is 3.17. The van der Waals surface area contributed by atoms with Crippen molar-refractivity contribution in [2.45, 2.75) is 30.7 Å². The van der Waals surface area contributed by atoms with Crippen LogP contribution in [-0.2, 0) is 11.2 Å². The second-order valence-corrected chi connectivity index (χ2v) is 7.87. The molecule has 2 aromatic carbocycles. The zero-order valence-electron chi connectivity index (χ0n) is 16.5. The van der Waals surface area contributed by atoms with Gasteiger partial charge in [-0.2, -0.15) is 0 Å². The number of amides is 3. The van der Waals surface area contributed by atoms with Crippen molar-refractivity contribution in [1.82, 2.24) is 25.4 Å². The molecular weight excluding hydrogens is 386 g/mol. The third kappa shape index (κ3) is 5.23. The van der Waals surface area contributed by atoms with Crippen LogP contribution in [0.4, 0.5) is 4.79 Å². The van der Waals surface area contributed by atoms with Gasteiger partial charge < -0.3 is 5.32 Å². The molecule has 0 saturated heterocycles. The fraction of sp³-hybridized carbons (Fsp3) is 0.238. The molecule has 0 unspecified atom stereocenters. The average Bonchev–Trinajstić information content (AvgIpc) is 3.10. The molecular formula is C21H23N5O2S. The Morgan fingerprint density at radius 3 is 2.55 bits per heavy atom. The number of hydrogen-bond acceptors (Lipinski definition) is 5. The molecule has 0 aliphatic carbocycles. The second kappa shape index (κ2) is 9.38. The van der Waals surface area contributed by atoms with Crippen molar-refractivity contribution in [3.63, 3.8) is 0 Å². The molecule has 1 heterocycles. The molecule has 3 amide bonds. The molecule has 0 aliphatic rings. The summed E-state index contributed by atoms with van der Waals surface area (Å²) in [4.78, 5) is 23.7. The van der Waals surface area contributed by atoms with Gasteiger partial charge in [-0.3, -0.25) is 14.7 Å². The quantitative estimate of drug-likeness (QED) is 0.611. The predicted octanol–water partition coefficient (Wildman–Crippen LogP) is 3.10. The Morgan fingerprint density at radius 2 is 1.86 bits per heavy atom. The third-order valence-electron chi connectivity index (χ3n) is 4.28. The Morgan fingerprint density at radius 1 is 1.10 bits per heavy atom. The van der Waals surface area contributed by atoms with Crippen molar-refractivity contribution in [3.8, 4) is 5.69 Å². The third-order valence-corrected chi connectivity index (χ3v) is 5.32. The number of nitrogens with zero attached hydrogens (tertiary/aromatic N) is 3. The van der Waals surface area contributed by atoms with Crippen molar-refractivity contribution in [3.05, 3.63) is 71.5 Å². The number of carbonyl (C=O) groups excluding carboxylic acids is 2. The van der Waals surface area contributed by atoms with E-state index in [0.29, 0.717) is 11.6 Å². The molecule has 1 atom stereocenters. The van der Waals surface area contributed by atoms with E-state index in [9.17, 15) is 9.59 Å². The average molecular weight is 410 g/mol. The molecule has 2 N–H and O–H groups in total. The minimum atomic E-state index is -0.535. The summed E-state index contributed by atoms with van der Waals surface area (Å²) in [5.74, 6) is 0.390. The molecule has 0 radical (unpaired) electrons. The largest absolute Gasteiger partial charge is 0.341 e. The summed E-state index contributed by atoms with van der Waals surface area (Å²) in [6.07, 6.45) is 0.612. The molecule has 8 heteroatoms. The minimum Gasteiger partial charge on any atom is -0.341 e. The van der Waals surface area contributed by atoms with Gasteiger partial charge in [-0.05, 0) is 37.1 Å². The van der Waals surface area contributed by atoms with Crippen LogP contribution < -0.4 is 10.6 Å². The molecule has 0 bridgehead atoms. The monoisotopic (exact) mass is 409 g/mol. The summed E-state index contributed by atoms with van der Waals surface area (Å²) in [7, 11) is 1.46. The van der Waals surface area contributed by atoms with E-state index in [1.165, 1.54) is 18.8 Å². The fourth-order valence-electron chi connectivity index (χ4n) is 2.78. The molecule has 0 fully saturated rings. The number of hydrogen-bond donors (Lipinski definition) is 2. The molecule has 0 spiro atoms. The molecule has 3 rings (SSSR count).